The van der Waals surface area contributed by atoms with Crippen molar-refractivity contribution in [3.63, 3.8) is 0 Å². The van der Waals surface area contributed by atoms with Crippen LogP contribution in [0.5, 0.6) is 0 Å². The zero-order chi connectivity index (χ0) is 100. The molecule has 0 spiro atoms. The molecule has 18 aromatic rings. The van der Waals surface area contributed by atoms with Crippen LogP contribution < -0.4 is 26.2 Å². The smallest absolute Gasteiger partial charge is 0.252 e. The van der Waals surface area contributed by atoms with Crippen LogP contribution in [0.1, 0.15) is 237 Å². The molecule has 0 fully saturated rings. The Balaban J connectivity index is 1.01. The van der Waals surface area contributed by atoms with Crippen LogP contribution in [0.3, 0.4) is 0 Å². The van der Waals surface area contributed by atoms with E-state index >= 15 is 0 Å². The van der Waals surface area contributed by atoms with E-state index in [-0.39, 0.29) is 56.7 Å². The topological polar surface area (TPSA) is 11.4 Å². The number of rotatable bonds is 17. The van der Waals surface area contributed by atoms with Crippen molar-refractivity contribution in [2.75, 3.05) is 9.80 Å². The van der Waals surface area contributed by atoms with Crippen molar-refractivity contribution < 1.29 is 5.48 Å². The summed E-state index contributed by atoms with van der Waals surface area (Å²) in [5.74, 6) is 0. The van der Waals surface area contributed by atoms with Gasteiger partial charge in [0.15, 0.2) is 0 Å². The van der Waals surface area contributed by atoms with E-state index in [9.17, 15) is 5.48 Å². The molecule has 2 aliphatic heterocycles. The zero-order valence-corrected chi connectivity index (χ0v) is 85.0. The summed E-state index contributed by atoms with van der Waals surface area (Å²) < 4.78 is 42.9. The Morgan fingerprint density at radius 1 is 0.210 bits per heavy atom. The Morgan fingerprint density at radius 2 is 0.514 bits per heavy atom. The summed E-state index contributed by atoms with van der Waals surface area (Å²) in [6, 6.07) is 135. The predicted molar refractivity (Wildman–Crippen MR) is 595 cm³/mol. The van der Waals surface area contributed by atoms with Crippen molar-refractivity contribution in [3.05, 3.63) is 454 Å². The fraction of sp³-hybridized carbons (Fsp3) is 0.239. The first-order valence-electron chi connectivity index (χ1n) is 51.6. The fourth-order valence-electron chi connectivity index (χ4n) is 21.6. The van der Waals surface area contributed by atoms with E-state index in [0.29, 0.717) is 16.6 Å². The normalized spacial score (nSPS) is 13.7. The molecule has 3 nitrogen and oxygen atoms in total. The highest BCUT2D eigenvalue weighted by Gasteiger charge is 2.47. The second kappa shape index (κ2) is 34.1. The van der Waals surface area contributed by atoms with Gasteiger partial charge in [-0.15, -0.1) is 0 Å². The molecule has 138 heavy (non-hydrogen) atoms. The number of hydrogen-bond acceptors (Lipinski definition) is 2. The highest BCUT2D eigenvalue weighted by molar-refractivity contribution is 7.00. The highest BCUT2D eigenvalue weighted by Crippen LogP contribution is 2.57. The molecule has 0 N–H and O–H groups in total. The molecule has 4 heteroatoms. The van der Waals surface area contributed by atoms with Gasteiger partial charge in [0.1, 0.15) is 0 Å². The number of anilines is 6. The summed E-state index contributed by atoms with van der Waals surface area (Å²) in [4.78, 5) is 5.31. The summed E-state index contributed by atoms with van der Waals surface area (Å²) in [7, 11) is 0. The van der Waals surface area contributed by atoms with Gasteiger partial charge in [-0.25, -0.2) is 0 Å². The molecule has 0 unspecified atom stereocenters. The Hall–Kier alpha value is -13.8. The Bertz CT molecular complexity index is 7820. The van der Waals surface area contributed by atoms with Crippen LogP contribution in [0.15, 0.2) is 382 Å². The number of para-hydroxylation sites is 3. The fourth-order valence-corrected chi connectivity index (χ4v) is 21.6. The summed E-state index contributed by atoms with van der Waals surface area (Å²) in [5.41, 5.74) is 36.5. The van der Waals surface area contributed by atoms with Crippen LogP contribution in [0.2, 0.25) is 0 Å². The van der Waals surface area contributed by atoms with Gasteiger partial charge in [-0.1, -0.05) is 499 Å². The van der Waals surface area contributed by atoms with E-state index in [1.165, 1.54) is 66.8 Å². The van der Waals surface area contributed by atoms with Gasteiger partial charge in [-0.05, 0) is 203 Å². The molecule has 0 aliphatic carbocycles. The van der Waals surface area contributed by atoms with E-state index in [0.717, 1.165) is 134 Å². The lowest BCUT2D eigenvalue weighted by Crippen LogP contribution is -2.61. The Labute approximate surface area is 828 Å². The predicted octanol–water partition coefficient (Wildman–Crippen LogP) is 34.7. The minimum atomic E-state index is -0.521. The lowest BCUT2D eigenvalue weighted by atomic mass is 9.33. The molecular formula is C134H132BN3. The highest BCUT2D eigenvalue weighted by atomic mass is 15.2. The van der Waals surface area contributed by atoms with E-state index in [2.05, 4.69) is 532 Å². The van der Waals surface area contributed by atoms with Crippen LogP contribution in [0.25, 0.3) is 94.3 Å². The van der Waals surface area contributed by atoms with Crippen molar-refractivity contribution in [1.29, 1.82) is 0 Å². The Kier molecular flexibility index (Phi) is 21.5. The molecule has 0 radical (unpaired) electrons. The Morgan fingerprint density at radius 3 is 0.877 bits per heavy atom. The third-order valence-corrected chi connectivity index (χ3v) is 30.7. The van der Waals surface area contributed by atoms with Crippen LogP contribution in [0, 0.1) is 0 Å². The summed E-state index contributed by atoms with van der Waals surface area (Å²) in [5, 5.41) is 1.21. The molecule has 0 bridgehead atoms. The maximum absolute atomic E-state index is 10.7. The number of fused-ring (bicyclic) bond motifs is 7. The second-order valence-electron chi connectivity index (χ2n) is 46.4. The maximum Gasteiger partial charge on any atom is 0.252 e. The van der Waals surface area contributed by atoms with Crippen molar-refractivity contribution in [1.82, 2.24) is 4.57 Å². The van der Waals surface area contributed by atoms with Gasteiger partial charge in [0.25, 0.3) is 6.71 Å². The van der Waals surface area contributed by atoms with Crippen molar-refractivity contribution in [2.24, 2.45) is 0 Å². The van der Waals surface area contributed by atoms with E-state index in [4.69, 9.17) is 0 Å². The molecule has 686 valence electrons. The van der Waals surface area contributed by atoms with Crippen LogP contribution in [-0.2, 0) is 48.7 Å². The quantitative estimate of drug-likeness (QED) is 0.0842. The van der Waals surface area contributed by atoms with Crippen molar-refractivity contribution in [2.45, 2.75) is 208 Å². The van der Waals surface area contributed by atoms with Crippen LogP contribution in [0.4, 0.5) is 34.1 Å². The maximum atomic E-state index is 10.7. The van der Waals surface area contributed by atoms with Gasteiger partial charge < -0.3 is 14.4 Å². The third kappa shape index (κ3) is 16.5. The van der Waals surface area contributed by atoms with E-state index in [1.54, 1.807) is 0 Å². The minimum absolute atomic E-state index is 0.0865. The lowest BCUT2D eigenvalue weighted by molar-refractivity contribution is 0.568. The molecule has 0 saturated carbocycles. The van der Waals surface area contributed by atoms with Crippen molar-refractivity contribution >= 4 is 79.0 Å². The van der Waals surface area contributed by atoms with Gasteiger partial charge >= 0.3 is 0 Å². The molecule has 0 atom stereocenters. The first-order chi connectivity index (χ1) is 67.3. The summed E-state index contributed by atoms with van der Waals surface area (Å²) in [6.07, 6.45) is 0. The number of hydrogen-bond donors (Lipinski definition) is 0. The van der Waals surface area contributed by atoms with E-state index in [1.807, 2.05) is 0 Å². The SMILES string of the molecule is [2H]c1c([2H])c([2H])c2c(c1[2H])c1cc(C(C)(C)C)ccc1n2-c1cc2c3c(c1)N(c1c(-c4cccc(C(C)(C)c5ccccc5)c4)cccc1-c1cccc(C(C)(C)c4ccccc4)c1)c1ccc(-c4cc(C(C)(C)C)cc(C(C)(C)C)c4)cc1B3c1cc(-c3cc(C(C)(C)C)cc(C(C)(C)C)c3)ccc1N2c1c(-c2ccc(C(C)(C)c3ccccc3)cc2)cccc1-c1cccc(C(C)(C)c2ccccc2)c1. The van der Waals surface area contributed by atoms with Gasteiger partial charge in [0, 0.05) is 77.4 Å². The molecule has 2 aliphatic rings. The molecule has 0 amide bonds. The average molecular weight is 1800 g/mol. The third-order valence-electron chi connectivity index (χ3n) is 30.7. The molecule has 1 aromatic heterocycles. The standard InChI is InChI=1S/C134H132BN3/c1-126(2,3)100-69-72-118-114(84-100)113-57-36-37-62-117(113)136(118)108-85-121-123-122(86-108)138(125-111(91-44-39-55-102(74-91)133(20,21)97-50-32-26-33-51-97)60-42-61-112(125)92-45-40-56-103(75-92)134(22,23)98-52-34-27-35-53-98)120-71-66-89(94-78-106(129(10,11)12)83-107(79-94)130(13,14)15)81-116(120)135(123)115-80-88(93-76-104(127(4,5)6)82-105(77-93)128(7,8)9)65-70-119(115)137(121)124-109(87-63-67-99(68-64-87)131(16,17)95-46-28-24-29-47-95)58-41-59-110(124)90-43-38-54-101(73-90)132(18,19)96-48-30-25-31-49-96/h24-86H,1-23H3/i36D,37D,57D,62D. The summed E-state index contributed by atoms with van der Waals surface area (Å²) >= 11 is 0. The molecular weight excluding hydrogens is 1660 g/mol. The molecule has 17 aromatic carbocycles. The van der Waals surface area contributed by atoms with Gasteiger partial charge in [0.05, 0.1) is 33.6 Å². The minimum Gasteiger partial charge on any atom is -0.310 e. The van der Waals surface area contributed by atoms with E-state index < -0.39 is 23.0 Å². The molecule has 3 heterocycles. The average Bonchev–Trinajstić information content (AvgIpc) is 0.993. The number of benzene rings is 17. The zero-order valence-electron chi connectivity index (χ0n) is 89.0. The number of aromatic nitrogens is 1. The molecule has 20 rings (SSSR count). The monoisotopic (exact) mass is 1800 g/mol. The lowest BCUT2D eigenvalue weighted by Gasteiger charge is -2.46. The first-order valence-corrected chi connectivity index (χ1v) is 49.6. The van der Waals surface area contributed by atoms with Gasteiger partial charge in [-0.2, -0.15) is 0 Å². The second-order valence-corrected chi connectivity index (χ2v) is 46.4. The van der Waals surface area contributed by atoms with Gasteiger partial charge in [-0.3, -0.25) is 0 Å². The largest absolute Gasteiger partial charge is 0.310 e. The number of nitrogens with zero attached hydrogens (tertiary/aromatic N) is 3. The van der Waals surface area contributed by atoms with Crippen LogP contribution in [-0.4, -0.2) is 11.3 Å². The van der Waals surface area contributed by atoms with Gasteiger partial charge in [0.2, 0.25) is 0 Å². The van der Waals surface area contributed by atoms with Crippen LogP contribution >= 0.6 is 0 Å². The summed E-state index contributed by atoms with van der Waals surface area (Å²) in [6.45, 7) is 53.0. The molecule has 0 saturated heterocycles. The first kappa shape index (κ1) is 87.0. The van der Waals surface area contributed by atoms with Crippen molar-refractivity contribution in [3.8, 4) is 72.4 Å².